The second-order valence-electron chi connectivity index (χ2n) is 2.40. The monoisotopic (exact) mass is 350 g/mol. The van der Waals surface area contributed by atoms with E-state index in [4.69, 9.17) is 19.7 Å². The Hall–Kier alpha value is 0.800. The maximum absolute atomic E-state index is 8.30. The molecular formula is C9H20Br2O4. The van der Waals surface area contributed by atoms with E-state index in [1.165, 1.54) is 0 Å². The van der Waals surface area contributed by atoms with E-state index >= 15 is 0 Å². The molecule has 0 aliphatic rings. The normalized spacial score (nSPS) is 9.60. The van der Waals surface area contributed by atoms with Gasteiger partial charge in [0.1, 0.15) is 0 Å². The van der Waals surface area contributed by atoms with Gasteiger partial charge in [0.15, 0.2) is 0 Å². The Morgan fingerprint density at radius 3 is 1.67 bits per heavy atom. The predicted molar refractivity (Wildman–Crippen MR) is 68.0 cm³/mol. The average Bonchev–Trinajstić information content (AvgIpc) is 2.25. The number of aliphatic hydroxyl groups is 2. The highest BCUT2D eigenvalue weighted by Gasteiger charge is 1.86. The highest BCUT2D eigenvalue weighted by atomic mass is 79.9. The van der Waals surface area contributed by atoms with Crippen LogP contribution in [0.1, 0.15) is 6.42 Å². The number of hydrogen-bond donors (Lipinski definition) is 2. The van der Waals surface area contributed by atoms with Crippen molar-refractivity contribution >= 4 is 31.9 Å². The number of rotatable bonds is 9. The molecule has 0 saturated heterocycles. The van der Waals surface area contributed by atoms with Crippen molar-refractivity contribution in [1.29, 1.82) is 0 Å². The Kier molecular flexibility index (Phi) is 24.5. The predicted octanol–water partition coefficient (Wildman–Crippen LogP) is 1.17. The maximum Gasteiger partial charge on any atom is 0.0701 e. The summed E-state index contributed by atoms with van der Waals surface area (Å²) >= 11 is 6.38. The third-order valence-electron chi connectivity index (χ3n) is 1.12. The molecular weight excluding hydrogens is 332 g/mol. The van der Waals surface area contributed by atoms with Crippen LogP contribution in [0.5, 0.6) is 0 Å². The summed E-state index contributed by atoms with van der Waals surface area (Å²) in [4.78, 5) is 0. The third-order valence-corrected chi connectivity index (χ3v) is 2.01. The van der Waals surface area contributed by atoms with Crippen LogP contribution in [0.2, 0.25) is 0 Å². The number of alkyl halides is 2. The van der Waals surface area contributed by atoms with Gasteiger partial charge in [0.25, 0.3) is 0 Å². The van der Waals surface area contributed by atoms with Crippen molar-refractivity contribution in [3.05, 3.63) is 0 Å². The Bertz CT molecular complexity index is 86.2. The molecule has 6 heteroatoms. The number of ether oxygens (including phenoxy) is 2. The first-order valence-electron chi connectivity index (χ1n) is 4.82. The number of halogens is 2. The highest BCUT2D eigenvalue weighted by Crippen LogP contribution is 1.82. The lowest BCUT2D eigenvalue weighted by atomic mass is 10.5. The number of hydrogen-bond acceptors (Lipinski definition) is 4. The Balaban J connectivity index is 0. The van der Waals surface area contributed by atoms with E-state index < -0.39 is 0 Å². The summed E-state index contributed by atoms with van der Waals surface area (Å²) in [5.74, 6) is 0. The fraction of sp³-hybridized carbons (Fsp3) is 1.00. The summed E-state index contributed by atoms with van der Waals surface area (Å²) in [6.07, 6.45) is 0.861. The van der Waals surface area contributed by atoms with Crippen molar-refractivity contribution in [2.75, 3.05) is 50.3 Å². The molecule has 0 radical (unpaired) electrons. The van der Waals surface area contributed by atoms with Crippen LogP contribution in [0.15, 0.2) is 0 Å². The lowest BCUT2D eigenvalue weighted by Gasteiger charge is -2.01. The molecule has 0 aromatic heterocycles. The van der Waals surface area contributed by atoms with Gasteiger partial charge in [-0.3, -0.25) is 0 Å². The lowest BCUT2D eigenvalue weighted by Crippen LogP contribution is -2.08. The van der Waals surface area contributed by atoms with Crippen molar-refractivity contribution < 1.29 is 19.7 Å². The van der Waals surface area contributed by atoms with E-state index in [-0.39, 0.29) is 6.61 Å². The van der Waals surface area contributed by atoms with Gasteiger partial charge in [-0.1, -0.05) is 31.9 Å². The summed E-state index contributed by atoms with van der Waals surface area (Å²) in [5, 5.41) is 18.1. The minimum absolute atomic E-state index is 0.0818. The van der Waals surface area contributed by atoms with Gasteiger partial charge in [0.2, 0.25) is 0 Å². The first-order chi connectivity index (χ1) is 7.33. The maximum atomic E-state index is 8.30. The molecule has 4 nitrogen and oxygen atoms in total. The van der Waals surface area contributed by atoms with Gasteiger partial charge in [-0.15, -0.1) is 0 Å². The van der Waals surface area contributed by atoms with Crippen LogP contribution in [0.25, 0.3) is 0 Å². The summed E-state index contributed by atoms with van der Waals surface area (Å²) in [6, 6.07) is 0. The summed E-state index contributed by atoms with van der Waals surface area (Å²) in [5.41, 5.74) is 0. The lowest BCUT2D eigenvalue weighted by molar-refractivity contribution is 0.0379. The molecule has 0 atom stereocenters. The zero-order valence-corrected chi connectivity index (χ0v) is 12.0. The van der Waals surface area contributed by atoms with Crippen molar-refractivity contribution in [3.8, 4) is 0 Å². The van der Waals surface area contributed by atoms with E-state index in [1.807, 2.05) is 0 Å². The first kappa shape index (κ1) is 18.2. The zero-order chi connectivity index (χ0) is 11.8. The highest BCUT2D eigenvalue weighted by molar-refractivity contribution is 9.09. The quantitative estimate of drug-likeness (QED) is 0.483. The molecule has 0 saturated carbocycles. The average molecular weight is 352 g/mol. The van der Waals surface area contributed by atoms with E-state index in [0.717, 1.165) is 17.1 Å². The van der Waals surface area contributed by atoms with E-state index in [9.17, 15) is 0 Å². The van der Waals surface area contributed by atoms with Crippen LogP contribution in [0.4, 0.5) is 0 Å². The van der Waals surface area contributed by atoms with Crippen molar-refractivity contribution in [1.82, 2.24) is 0 Å². The largest absolute Gasteiger partial charge is 0.396 e. The molecule has 15 heavy (non-hydrogen) atoms. The van der Waals surface area contributed by atoms with Gasteiger partial charge in [-0.25, -0.2) is 0 Å². The molecule has 0 spiro atoms. The molecule has 0 amide bonds. The summed E-state index contributed by atoms with van der Waals surface area (Å²) in [6.45, 7) is 2.66. The van der Waals surface area contributed by atoms with Gasteiger partial charge in [-0.05, 0) is 6.42 Å². The molecule has 0 bridgehead atoms. The molecule has 0 aliphatic carbocycles. The van der Waals surface area contributed by atoms with Crippen LogP contribution >= 0.6 is 31.9 Å². The van der Waals surface area contributed by atoms with Crippen molar-refractivity contribution in [2.24, 2.45) is 0 Å². The van der Waals surface area contributed by atoms with E-state index in [1.54, 1.807) is 0 Å². The minimum Gasteiger partial charge on any atom is -0.396 e. The molecule has 0 fully saturated rings. The van der Waals surface area contributed by atoms with E-state index in [2.05, 4.69) is 31.9 Å². The summed E-state index contributed by atoms with van der Waals surface area (Å²) in [7, 11) is 0. The van der Waals surface area contributed by atoms with Gasteiger partial charge >= 0.3 is 0 Å². The number of aliphatic hydroxyl groups excluding tert-OH is 2. The van der Waals surface area contributed by atoms with Crippen LogP contribution in [-0.2, 0) is 9.47 Å². The second kappa shape index (κ2) is 20.2. The van der Waals surface area contributed by atoms with Crippen LogP contribution in [0, 0.1) is 0 Å². The Labute approximate surface area is 108 Å². The molecule has 2 N–H and O–H groups in total. The van der Waals surface area contributed by atoms with Gasteiger partial charge in [-0.2, -0.15) is 0 Å². The Morgan fingerprint density at radius 2 is 1.33 bits per heavy atom. The van der Waals surface area contributed by atoms with Gasteiger partial charge < -0.3 is 19.7 Å². The second-order valence-corrected chi connectivity index (χ2v) is 3.99. The molecule has 0 aromatic carbocycles. The molecule has 0 aromatic rings. The molecule has 0 unspecified atom stereocenters. The first-order valence-corrected chi connectivity index (χ1v) is 7.06. The minimum atomic E-state index is 0.0818. The van der Waals surface area contributed by atoms with Crippen molar-refractivity contribution in [3.63, 3.8) is 0 Å². The van der Waals surface area contributed by atoms with Crippen LogP contribution < -0.4 is 0 Å². The Morgan fingerprint density at radius 1 is 0.733 bits per heavy atom. The molecule has 0 heterocycles. The fourth-order valence-corrected chi connectivity index (χ4v) is 0.981. The molecule has 0 rings (SSSR count). The van der Waals surface area contributed by atoms with E-state index in [0.29, 0.717) is 33.0 Å². The van der Waals surface area contributed by atoms with Gasteiger partial charge in [0.05, 0.1) is 33.0 Å². The fourth-order valence-electron chi connectivity index (χ4n) is 0.501. The van der Waals surface area contributed by atoms with Gasteiger partial charge in [0, 0.05) is 17.3 Å². The molecule has 0 aliphatic heterocycles. The third kappa shape index (κ3) is 25.2. The van der Waals surface area contributed by atoms with Crippen molar-refractivity contribution in [2.45, 2.75) is 6.42 Å². The SMILES string of the molecule is OCCCBr.OCCOCCOCCBr. The standard InChI is InChI=1S/C6H13BrO3.C3H7BrO/c7-1-3-9-5-6-10-4-2-8;4-2-1-3-5/h8H,1-6H2;5H,1-3H2. The topological polar surface area (TPSA) is 58.9 Å². The van der Waals surface area contributed by atoms with Crippen LogP contribution in [0.3, 0.4) is 0 Å². The molecule has 94 valence electrons. The summed E-state index contributed by atoms with van der Waals surface area (Å²) < 4.78 is 10.0. The van der Waals surface area contributed by atoms with Crippen LogP contribution in [-0.4, -0.2) is 60.5 Å². The zero-order valence-electron chi connectivity index (χ0n) is 8.83. The smallest absolute Gasteiger partial charge is 0.0701 e.